The highest BCUT2D eigenvalue weighted by Crippen LogP contribution is 2.23. The van der Waals surface area contributed by atoms with Gasteiger partial charge in [-0.2, -0.15) is 0 Å². The van der Waals surface area contributed by atoms with E-state index in [0.29, 0.717) is 5.02 Å². The minimum Gasteiger partial charge on any atom is -0.224 e. The Kier molecular flexibility index (Phi) is 3.62. The van der Waals surface area contributed by atoms with E-state index in [1.165, 1.54) is 0 Å². The first-order valence-electron chi connectivity index (χ1n) is 3.29. The van der Waals surface area contributed by atoms with Crippen molar-refractivity contribution in [2.75, 3.05) is 0 Å². The molecule has 0 aliphatic carbocycles. The van der Waals surface area contributed by atoms with Crippen LogP contribution in [-0.4, -0.2) is 5.71 Å². The summed E-state index contributed by atoms with van der Waals surface area (Å²) in [6, 6.07) is 5.67. The number of hydrogen-bond donors (Lipinski definition) is 1. The van der Waals surface area contributed by atoms with Gasteiger partial charge in [0, 0.05) is 4.47 Å². The van der Waals surface area contributed by atoms with Gasteiger partial charge in [0.2, 0.25) is 0 Å². The lowest BCUT2D eigenvalue weighted by molar-refractivity contribution is 1.57. The predicted octanol–water partition coefficient (Wildman–Crippen LogP) is 3.76. The van der Waals surface area contributed by atoms with Crippen molar-refractivity contribution in [3.8, 4) is 0 Å². The topological polar surface area (TPSA) is 12.4 Å². The molecule has 0 saturated carbocycles. The SMILES string of the molecule is C/C(=N\S)c1ccc(Br)c(Cl)c1. The molecule has 1 aromatic carbocycles. The second-order valence-corrected chi connectivity index (χ2v) is 3.78. The van der Waals surface area contributed by atoms with Crippen LogP contribution < -0.4 is 0 Å². The zero-order chi connectivity index (χ0) is 9.14. The van der Waals surface area contributed by atoms with Crippen molar-refractivity contribution < 1.29 is 0 Å². The van der Waals surface area contributed by atoms with E-state index in [2.05, 4.69) is 33.1 Å². The highest BCUT2D eigenvalue weighted by molar-refractivity contribution is 9.10. The van der Waals surface area contributed by atoms with E-state index >= 15 is 0 Å². The molecule has 0 aliphatic rings. The molecule has 0 fully saturated rings. The van der Waals surface area contributed by atoms with Crippen molar-refractivity contribution >= 4 is 46.1 Å². The number of halogens is 2. The largest absolute Gasteiger partial charge is 0.224 e. The molecule has 0 heterocycles. The van der Waals surface area contributed by atoms with Gasteiger partial charge < -0.3 is 0 Å². The minimum atomic E-state index is 0.684. The standard InChI is InChI=1S/C8H7BrClNS/c1-5(11-12)6-2-3-7(9)8(10)4-6/h2-4,12H,1H3/b11-5+. The van der Waals surface area contributed by atoms with Crippen LogP contribution in [0.4, 0.5) is 0 Å². The van der Waals surface area contributed by atoms with Crippen molar-refractivity contribution in [2.45, 2.75) is 6.92 Å². The third kappa shape index (κ3) is 2.25. The molecule has 0 N–H and O–H groups in total. The molecule has 0 spiro atoms. The first-order valence-corrected chi connectivity index (χ1v) is 4.86. The van der Waals surface area contributed by atoms with Gasteiger partial charge >= 0.3 is 0 Å². The molecular formula is C8H7BrClNS. The summed E-state index contributed by atoms with van der Waals surface area (Å²) >= 11 is 13.0. The van der Waals surface area contributed by atoms with E-state index in [0.717, 1.165) is 15.7 Å². The van der Waals surface area contributed by atoms with E-state index in [4.69, 9.17) is 11.6 Å². The van der Waals surface area contributed by atoms with Gasteiger partial charge in [0.05, 0.1) is 10.7 Å². The van der Waals surface area contributed by atoms with Crippen LogP contribution in [0, 0.1) is 0 Å². The van der Waals surface area contributed by atoms with Crippen LogP contribution in [0.1, 0.15) is 12.5 Å². The third-order valence-corrected chi connectivity index (χ3v) is 3.02. The van der Waals surface area contributed by atoms with Crippen LogP contribution in [0.5, 0.6) is 0 Å². The first kappa shape index (κ1) is 10.1. The molecule has 1 aromatic rings. The summed E-state index contributed by atoms with van der Waals surface area (Å²) < 4.78 is 4.66. The van der Waals surface area contributed by atoms with E-state index < -0.39 is 0 Å². The Hall–Kier alpha value is 0.01000. The van der Waals surface area contributed by atoms with Gasteiger partial charge in [0.25, 0.3) is 0 Å². The summed E-state index contributed by atoms with van der Waals surface area (Å²) in [5, 5.41) is 0.684. The lowest BCUT2D eigenvalue weighted by atomic mass is 10.1. The summed E-state index contributed by atoms with van der Waals surface area (Å²) in [5.41, 5.74) is 1.84. The Labute approximate surface area is 90.5 Å². The molecule has 0 saturated heterocycles. The van der Waals surface area contributed by atoms with Crippen LogP contribution >= 0.6 is 40.3 Å². The Morgan fingerprint density at radius 3 is 2.75 bits per heavy atom. The molecule has 0 unspecified atom stereocenters. The van der Waals surface area contributed by atoms with Gasteiger partial charge in [-0.3, -0.25) is 0 Å². The fourth-order valence-corrected chi connectivity index (χ4v) is 1.32. The molecular weight excluding hydrogens is 258 g/mol. The maximum atomic E-state index is 5.89. The monoisotopic (exact) mass is 263 g/mol. The molecule has 0 aliphatic heterocycles. The second kappa shape index (κ2) is 4.30. The zero-order valence-electron chi connectivity index (χ0n) is 6.38. The van der Waals surface area contributed by atoms with Crippen LogP contribution in [-0.2, 0) is 0 Å². The Morgan fingerprint density at radius 1 is 1.58 bits per heavy atom. The highest BCUT2D eigenvalue weighted by atomic mass is 79.9. The van der Waals surface area contributed by atoms with Gasteiger partial charge in [-0.25, -0.2) is 4.40 Å². The van der Waals surface area contributed by atoms with E-state index in [-0.39, 0.29) is 0 Å². The van der Waals surface area contributed by atoms with E-state index in [1.807, 2.05) is 25.1 Å². The quantitative estimate of drug-likeness (QED) is 0.586. The third-order valence-electron chi connectivity index (χ3n) is 1.49. The smallest absolute Gasteiger partial charge is 0.0554 e. The average Bonchev–Trinajstić information content (AvgIpc) is 2.08. The summed E-state index contributed by atoms with van der Waals surface area (Å²) in [4.78, 5) is 0. The second-order valence-electron chi connectivity index (χ2n) is 2.31. The Bertz CT molecular complexity index is 325. The summed E-state index contributed by atoms with van der Waals surface area (Å²) in [6.45, 7) is 1.88. The summed E-state index contributed by atoms with van der Waals surface area (Å²) in [7, 11) is 0. The highest BCUT2D eigenvalue weighted by Gasteiger charge is 2.00. The van der Waals surface area contributed by atoms with Crippen molar-refractivity contribution in [3.05, 3.63) is 33.3 Å². The van der Waals surface area contributed by atoms with Crippen molar-refractivity contribution in [1.29, 1.82) is 0 Å². The fraction of sp³-hybridized carbons (Fsp3) is 0.125. The molecule has 1 rings (SSSR count). The fourth-order valence-electron chi connectivity index (χ4n) is 0.779. The van der Waals surface area contributed by atoms with Crippen molar-refractivity contribution in [3.63, 3.8) is 0 Å². The Balaban J connectivity index is 3.13. The predicted molar refractivity (Wildman–Crippen MR) is 60.3 cm³/mol. The summed E-state index contributed by atoms with van der Waals surface area (Å²) in [5.74, 6) is 0. The van der Waals surface area contributed by atoms with Gasteiger partial charge in [0.15, 0.2) is 0 Å². The van der Waals surface area contributed by atoms with Gasteiger partial charge in [-0.15, -0.1) is 0 Å². The maximum Gasteiger partial charge on any atom is 0.0554 e. The van der Waals surface area contributed by atoms with Gasteiger partial charge in [-0.1, -0.05) is 17.7 Å². The lowest BCUT2D eigenvalue weighted by Crippen LogP contribution is -1.92. The molecule has 12 heavy (non-hydrogen) atoms. The first-order chi connectivity index (χ1) is 5.65. The molecule has 1 nitrogen and oxygen atoms in total. The molecule has 64 valence electrons. The zero-order valence-corrected chi connectivity index (χ0v) is 9.62. The van der Waals surface area contributed by atoms with Crippen molar-refractivity contribution in [2.24, 2.45) is 4.40 Å². The number of nitrogens with zero attached hydrogens (tertiary/aromatic N) is 1. The number of thiol groups is 1. The average molecular weight is 265 g/mol. The minimum absolute atomic E-state index is 0.684. The summed E-state index contributed by atoms with van der Waals surface area (Å²) in [6.07, 6.45) is 0. The number of benzene rings is 1. The van der Waals surface area contributed by atoms with E-state index in [1.54, 1.807) is 0 Å². The van der Waals surface area contributed by atoms with Crippen LogP contribution in [0.2, 0.25) is 5.02 Å². The maximum absolute atomic E-state index is 5.89. The van der Waals surface area contributed by atoms with Crippen LogP contribution in [0.25, 0.3) is 0 Å². The normalized spacial score (nSPS) is 11.8. The van der Waals surface area contributed by atoms with Crippen LogP contribution in [0.3, 0.4) is 0 Å². The molecule has 0 radical (unpaired) electrons. The Morgan fingerprint density at radius 2 is 2.25 bits per heavy atom. The molecule has 0 atom stereocenters. The lowest BCUT2D eigenvalue weighted by Gasteiger charge is -2.00. The van der Waals surface area contributed by atoms with Crippen LogP contribution in [0.15, 0.2) is 27.1 Å². The molecule has 0 bridgehead atoms. The van der Waals surface area contributed by atoms with Crippen molar-refractivity contribution in [1.82, 2.24) is 0 Å². The van der Waals surface area contributed by atoms with Gasteiger partial charge in [-0.05, 0) is 53.4 Å². The van der Waals surface area contributed by atoms with Gasteiger partial charge in [0.1, 0.15) is 0 Å². The molecule has 0 amide bonds. The van der Waals surface area contributed by atoms with E-state index in [9.17, 15) is 0 Å². The number of rotatable bonds is 1. The number of hydrogen-bond acceptors (Lipinski definition) is 2. The molecule has 4 heteroatoms. The molecule has 0 aromatic heterocycles.